The fourth-order valence-electron chi connectivity index (χ4n) is 8.84. The number of carbonyl (C=O) groups excluding carboxylic acids is 4. The smallest absolute Gasteiger partial charge is 0.262 e. The number of benzene rings is 4. The van der Waals surface area contributed by atoms with Crippen LogP contribution in [0.25, 0.3) is 11.1 Å². The zero-order valence-corrected chi connectivity index (χ0v) is 31.8. The maximum atomic E-state index is 13.3. The molecule has 4 aromatic rings. The first kappa shape index (κ1) is 37.2. The zero-order chi connectivity index (χ0) is 38.8. The van der Waals surface area contributed by atoms with Crippen molar-refractivity contribution < 1.29 is 29.0 Å². The Bertz CT molecular complexity index is 2130. The molecular formula is C46H48N4O6. The summed E-state index contributed by atoms with van der Waals surface area (Å²) in [5.41, 5.74) is 7.30. The minimum Gasteiger partial charge on any atom is -0.508 e. The molecule has 1 atom stereocenters. The molecule has 0 bridgehead atoms. The lowest BCUT2D eigenvalue weighted by atomic mass is 9.86. The third-order valence-electron chi connectivity index (χ3n) is 11.9. The van der Waals surface area contributed by atoms with E-state index in [0.29, 0.717) is 17.0 Å². The van der Waals surface area contributed by atoms with Crippen molar-refractivity contribution in [3.63, 3.8) is 0 Å². The maximum Gasteiger partial charge on any atom is 0.262 e. The van der Waals surface area contributed by atoms with Crippen LogP contribution < -0.4 is 15.0 Å². The van der Waals surface area contributed by atoms with Crippen LogP contribution in [0.4, 0.5) is 5.69 Å². The van der Waals surface area contributed by atoms with Crippen molar-refractivity contribution in [1.82, 2.24) is 15.1 Å². The SMILES string of the molecule is CC/C(=C(\c1ccc(O)cc1)c1ccc(OC2CCC(CN3CCN(c4ccc5c(c4)C(=O)N(C4CCC(=O)NC4=O)C5=O)CC3)CC2)cc1)c1ccccc1. The number of hydrogen-bond donors (Lipinski definition) is 2. The molecule has 2 saturated heterocycles. The summed E-state index contributed by atoms with van der Waals surface area (Å²) in [6, 6.07) is 30.8. The molecule has 1 saturated carbocycles. The average molecular weight is 753 g/mol. The number of allylic oxidation sites excluding steroid dienone is 1. The van der Waals surface area contributed by atoms with Crippen LogP contribution in [0.15, 0.2) is 97.1 Å². The van der Waals surface area contributed by atoms with E-state index in [1.807, 2.05) is 24.3 Å². The third-order valence-corrected chi connectivity index (χ3v) is 11.9. The van der Waals surface area contributed by atoms with Crippen molar-refractivity contribution in [2.24, 2.45) is 5.92 Å². The third kappa shape index (κ3) is 7.71. The minimum atomic E-state index is -0.964. The van der Waals surface area contributed by atoms with Crippen molar-refractivity contribution in [3.8, 4) is 11.5 Å². The van der Waals surface area contributed by atoms with E-state index in [2.05, 4.69) is 70.6 Å². The molecule has 0 aromatic heterocycles. The quantitative estimate of drug-likeness (QED) is 0.132. The Morgan fingerprint density at radius 2 is 1.39 bits per heavy atom. The number of rotatable bonds is 10. The number of phenolic OH excluding ortho intramolecular Hbond substituents is 1. The number of amides is 4. The van der Waals surface area contributed by atoms with Gasteiger partial charge in [-0.2, -0.15) is 0 Å². The molecule has 0 spiro atoms. The lowest BCUT2D eigenvalue weighted by Gasteiger charge is -2.39. The zero-order valence-electron chi connectivity index (χ0n) is 31.8. The monoisotopic (exact) mass is 752 g/mol. The Kier molecular flexibility index (Phi) is 10.7. The standard InChI is InChI=1S/C46H48N4O6/c1-2-38(31-6-4-3-5-7-31)43(32-10-15-35(51)16-11-32)33-12-19-37(20-13-33)56-36-17-8-30(9-18-36)29-48-24-26-49(27-25-48)34-14-21-39-40(28-34)46(55)50(45(39)54)41-22-23-42(52)47-44(41)53/h3-7,10-16,19-21,28,30,36,41,51H,2,8-9,17-18,22-27,29H2,1H3,(H,47,52,53)/b43-38-. The number of phenols is 1. The summed E-state index contributed by atoms with van der Waals surface area (Å²) in [5, 5.41) is 12.2. The van der Waals surface area contributed by atoms with Gasteiger partial charge >= 0.3 is 0 Å². The van der Waals surface area contributed by atoms with Crippen LogP contribution in [-0.2, 0) is 9.59 Å². The van der Waals surface area contributed by atoms with Gasteiger partial charge in [-0.15, -0.1) is 0 Å². The molecule has 8 rings (SSSR count). The number of piperidine rings is 1. The summed E-state index contributed by atoms with van der Waals surface area (Å²) >= 11 is 0. The van der Waals surface area contributed by atoms with Crippen molar-refractivity contribution in [2.75, 3.05) is 37.6 Å². The second-order valence-electron chi connectivity index (χ2n) is 15.4. The lowest BCUT2D eigenvalue weighted by Crippen LogP contribution is -2.54. The number of carbonyl (C=O) groups is 4. The molecule has 4 amide bonds. The second kappa shape index (κ2) is 16.2. The van der Waals surface area contributed by atoms with E-state index in [0.717, 1.165) is 97.9 Å². The highest BCUT2D eigenvalue weighted by atomic mass is 16.5. The Morgan fingerprint density at radius 3 is 2.05 bits per heavy atom. The first-order valence-corrected chi connectivity index (χ1v) is 19.9. The lowest BCUT2D eigenvalue weighted by molar-refractivity contribution is -0.136. The van der Waals surface area contributed by atoms with Gasteiger partial charge in [-0.05, 0) is 115 Å². The summed E-state index contributed by atoms with van der Waals surface area (Å²) < 4.78 is 6.53. The normalized spacial score (nSPS) is 22.1. The molecule has 3 aliphatic heterocycles. The maximum absolute atomic E-state index is 13.3. The fourth-order valence-corrected chi connectivity index (χ4v) is 8.84. The number of nitrogens with zero attached hydrogens (tertiary/aromatic N) is 3. The van der Waals surface area contributed by atoms with Crippen molar-refractivity contribution in [3.05, 3.63) is 125 Å². The van der Waals surface area contributed by atoms with Crippen LogP contribution >= 0.6 is 0 Å². The van der Waals surface area contributed by atoms with E-state index >= 15 is 0 Å². The fraction of sp³-hybridized carbons (Fsp3) is 0.348. The Hall–Kier alpha value is -5.74. The predicted octanol–water partition coefficient (Wildman–Crippen LogP) is 6.92. The topological polar surface area (TPSA) is 119 Å². The van der Waals surface area contributed by atoms with E-state index < -0.39 is 23.8 Å². The van der Waals surface area contributed by atoms with Crippen LogP contribution in [0.1, 0.15) is 89.3 Å². The molecule has 2 N–H and O–H groups in total. The van der Waals surface area contributed by atoms with Crippen molar-refractivity contribution in [1.29, 1.82) is 0 Å². The number of ether oxygens (including phenoxy) is 1. The number of nitrogens with one attached hydrogen (secondary N) is 1. The van der Waals surface area contributed by atoms with Gasteiger partial charge in [0.05, 0.1) is 17.2 Å². The highest BCUT2D eigenvalue weighted by molar-refractivity contribution is 6.23. The van der Waals surface area contributed by atoms with Crippen LogP contribution in [0.5, 0.6) is 11.5 Å². The first-order valence-electron chi connectivity index (χ1n) is 19.9. The molecule has 10 heteroatoms. The van der Waals surface area contributed by atoms with Crippen molar-refractivity contribution in [2.45, 2.75) is 64.0 Å². The van der Waals surface area contributed by atoms with Gasteiger partial charge in [-0.1, -0.05) is 61.5 Å². The van der Waals surface area contributed by atoms with Crippen LogP contribution in [0, 0.1) is 5.92 Å². The molecule has 4 aromatic carbocycles. The Labute approximate surface area is 327 Å². The Balaban J connectivity index is 0.833. The number of anilines is 1. The van der Waals surface area contributed by atoms with Crippen molar-refractivity contribution >= 4 is 40.5 Å². The van der Waals surface area contributed by atoms with Gasteiger partial charge in [0.15, 0.2) is 0 Å². The largest absolute Gasteiger partial charge is 0.508 e. The number of piperazine rings is 1. The molecule has 3 heterocycles. The highest BCUT2D eigenvalue weighted by Crippen LogP contribution is 2.37. The van der Waals surface area contributed by atoms with Gasteiger partial charge in [0.25, 0.3) is 11.8 Å². The number of aromatic hydroxyl groups is 1. The molecule has 10 nitrogen and oxygen atoms in total. The van der Waals surface area contributed by atoms with Gasteiger partial charge in [-0.25, -0.2) is 0 Å². The van der Waals surface area contributed by atoms with Gasteiger partial charge in [0, 0.05) is 44.8 Å². The first-order chi connectivity index (χ1) is 27.2. The molecule has 288 valence electrons. The number of imide groups is 2. The molecule has 1 unspecified atom stereocenters. The molecule has 0 radical (unpaired) electrons. The summed E-state index contributed by atoms with van der Waals surface area (Å²) in [5.74, 6) is -0.180. The summed E-state index contributed by atoms with van der Waals surface area (Å²) in [6.45, 7) is 6.71. The summed E-state index contributed by atoms with van der Waals surface area (Å²) in [6.07, 6.45) is 5.60. The van der Waals surface area contributed by atoms with E-state index in [4.69, 9.17) is 4.74 Å². The van der Waals surface area contributed by atoms with Crippen LogP contribution in [0.2, 0.25) is 0 Å². The molecule has 3 fully saturated rings. The van der Waals surface area contributed by atoms with Gasteiger partial charge in [0.2, 0.25) is 11.8 Å². The molecular weight excluding hydrogens is 705 g/mol. The molecule has 56 heavy (non-hydrogen) atoms. The number of fused-ring (bicyclic) bond motifs is 1. The van der Waals surface area contributed by atoms with E-state index in [-0.39, 0.29) is 30.6 Å². The molecule has 1 aliphatic carbocycles. The van der Waals surface area contributed by atoms with Crippen LogP contribution in [0.3, 0.4) is 0 Å². The minimum absolute atomic E-state index is 0.0996. The van der Waals surface area contributed by atoms with E-state index in [1.165, 1.54) is 11.1 Å². The molecule has 4 aliphatic rings. The van der Waals surface area contributed by atoms with Gasteiger partial charge in [-0.3, -0.25) is 34.3 Å². The average Bonchev–Trinajstić information content (AvgIpc) is 3.47. The number of hydrogen-bond acceptors (Lipinski definition) is 8. The second-order valence-corrected chi connectivity index (χ2v) is 15.4. The summed E-state index contributed by atoms with van der Waals surface area (Å²) in [4.78, 5) is 56.3. The Morgan fingerprint density at radius 1 is 0.732 bits per heavy atom. The van der Waals surface area contributed by atoms with E-state index in [1.54, 1.807) is 24.3 Å². The van der Waals surface area contributed by atoms with Gasteiger partial charge < -0.3 is 14.7 Å². The van der Waals surface area contributed by atoms with Gasteiger partial charge in [0.1, 0.15) is 17.5 Å². The highest BCUT2D eigenvalue weighted by Gasteiger charge is 2.45. The van der Waals surface area contributed by atoms with Crippen LogP contribution in [-0.4, -0.2) is 83.4 Å². The summed E-state index contributed by atoms with van der Waals surface area (Å²) in [7, 11) is 0. The van der Waals surface area contributed by atoms with E-state index in [9.17, 15) is 24.3 Å². The predicted molar refractivity (Wildman–Crippen MR) is 215 cm³/mol.